The molecule has 7 heteroatoms. The molecule has 1 aromatic carbocycles. The van der Waals surface area contributed by atoms with Gasteiger partial charge in [-0.15, -0.1) is 0 Å². The largest absolute Gasteiger partial charge is 0.326 e. The van der Waals surface area contributed by atoms with Gasteiger partial charge in [-0.1, -0.05) is 11.3 Å². The summed E-state index contributed by atoms with van der Waals surface area (Å²) in [6, 6.07) is 8.42. The van der Waals surface area contributed by atoms with Gasteiger partial charge in [0.15, 0.2) is 5.13 Å². The molecule has 0 aliphatic carbocycles. The van der Waals surface area contributed by atoms with Crippen molar-refractivity contribution in [3.63, 3.8) is 0 Å². The number of benzene rings is 1. The summed E-state index contributed by atoms with van der Waals surface area (Å²) in [6.45, 7) is 1.41. The van der Waals surface area contributed by atoms with Crippen LogP contribution >= 0.6 is 11.3 Å². The van der Waals surface area contributed by atoms with Gasteiger partial charge in [0, 0.05) is 18.2 Å². The van der Waals surface area contributed by atoms with E-state index < -0.39 is 0 Å². The molecular weight excluding hydrogens is 276 g/mol. The third-order valence-corrected chi connectivity index (χ3v) is 3.12. The Hall–Kier alpha value is -2.72. The third kappa shape index (κ3) is 3.40. The molecule has 0 saturated heterocycles. The van der Waals surface area contributed by atoms with E-state index in [-0.39, 0.29) is 11.8 Å². The van der Waals surface area contributed by atoms with Crippen LogP contribution in [0.2, 0.25) is 0 Å². The van der Waals surface area contributed by atoms with Gasteiger partial charge in [-0.25, -0.2) is 4.98 Å². The Morgan fingerprint density at radius 2 is 1.95 bits per heavy atom. The standard InChI is InChI=1S/C13H10N4O2S/c1-8(18)16-10-4-2-9(3-5-10)12(19)17-13-15-7-11(6-14)20-13/h2-5,7H,1H3,(H,16,18)(H,15,17,19). The zero-order valence-electron chi connectivity index (χ0n) is 10.5. The molecule has 0 radical (unpaired) electrons. The molecule has 6 nitrogen and oxygen atoms in total. The second kappa shape index (κ2) is 5.95. The molecule has 0 saturated carbocycles. The van der Waals surface area contributed by atoms with Gasteiger partial charge in [-0.2, -0.15) is 5.26 Å². The van der Waals surface area contributed by atoms with Crippen LogP contribution < -0.4 is 10.6 Å². The van der Waals surface area contributed by atoms with E-state index in [1.807, 2.05) is 6.07 Å². The van der Waals surface area contributed by atoms with E-state index >= 15 is 0 Å². The maximum Gasteiger partial charge on any atom is 0.257 e. The molecule has 0 aliphatic heterocycles. The van der Waals surface area contributed by atoms with E-state index in [9.17, 15) is 9.59 Å². The van der Waals surface area contributed by atoms with Crippen molar-refractivity contribution in [2.24, 2.45) is 0 Å². The smallest absolute Gasteiger partial charge is 0.257 e. The van der Waals surface area contributed by atoms with Gasteiger partial charge in [0.25, 0.3) is 5.91 Å². The SMILES string of the molecule is CC(=O)Nc1ccc(C(=O)Nc2ncc(C#N)s2)cc1. The summed E-state index contributed by atoms with van der Waals surface area (Å²) in [4.78, 5) is 27.2. The number of rotatable bonds is 3. The second-order valence-electron chi connectivity index (χ2n) is 3.85. The molecule has 0 unspecified atom stereocenters. The highest BCUT2D eigenvalue weighted by Gasteiger charge is 2.09. The lowest BCUT2D eigenvalue weighted by molar-refractivity contribution is -0.114. The molecule has 0 spiro atoms. The molecule has 0 atom stereocenters. The Kier molecular flexibility index (Phi) is 4.08. The minimum absolute atomic E-state index is 0.172. The Morgan fingerprint density at radius 1 is 1.25 bits per heavy atom. The normalized spacial score (nSPS) is 9.60. The van der Waals surface area contributed by atoms with Crippen molar-refractivity contribution in [2.45, 2.75) is 6.92 Å². The van der Waals surface area contributed by atoms with Crippen LogP contribution in [-0.4, -0.2) is 16.8 Å². The lowest BCUT2D eigenvalue weighted by Gasteiger charge is -2.04. The van der Waals surface area contributed by atoms with Gasteiger partial charge in [-0.05, 0) is 24.3 Å². The fourth-order valence-corrected chi connectivity index (χ4v) is 2.07. The highest BCUT2D eigenvalue weighted by molar-refractivity contribution is 7.16. The number of hydrogen-bond acceptors (Lipinski definition) is 5. The van der Waals surface area contributed by atoms with Crippen LogP contribution in [0.3, 0.4) is 0 Å². The maximum absolute atomic E-state index is 11.9. The van der Waals surface area contributed by atoms with Crippen LogP contribution in [-0.2, 0) is 4.79 Å². The van der Waals surface area contributed by atoms with Crippen LogP contribution in [0.1, 0.15) is 22.2 Å². The van der Waals surface area contributed by atoms with Crippen molar-refractivity contribution in [1.29, 1.82) is 5.26 Å². The van der Waals surface area contributed by atoms with Crippen LogP contribution in [0, 0.1) is 11.3 Å². The topological polar surface area (TPSA) is 94.9 Å². The number of aromatic nitrogens is 1. The van der Waals surface area contributed by atoms with Gasteiger partial charge >= 0.3 is 0 Å². The molecule has 1 aromatic heterocycles. The molecule has 0 fully saturated rings. The number of amides is 2. The van der Waals surface area contributed by atoms with Crippen LogP contribution in [0.25, 0.3) is 0 Å². The van der Waals surface area contributed by atoms with Crippen LogP contribution in [0.4, 0.5) is 10.8 Å². The quantitative estimate of drug-likeness (QED) is 0.904. The minimum atomic E-state index is -0.321. The lowest BCUT2D eigenvalue weighted by Crippen LogP contribution is -2.12. The number of hydrogen-bond donors (Lipinski definition) is 2. The van der Waals surface area contributed by atoms with E-state index in [1.54, 1.807) is 24.3 Å². The predicted molar refractivity (Wildman–Crippen MR) is 75.5 cm³/mol. The number of carbonyl (C=O) groups is 2. The first-order chi connectivity index (χ1) is 9.58. The van der Waals surface area contributed by atoms with Gasteiger partial charge in [-0.3, -0.25) is 14.9 Å². The molecule has 1 heterocycles. The van der Waals surface area contributed by atoms with E-state index in [1.165, 1.54) is 13.1 Å². The summed E-state index contributed by atoms with van der Waals surface area (Å²) in [5, 5.41) is 14.3. The van der Waals surface area contributed by atoms with Crippen LogP contribution in [0.15, 0.2) is 30.5 Å². The molecular formula is C13H10N4O2S. The highest BCUT2D eigenvalue weighted by Crippen LogP contribution is 2.18. The summed E-state index contributed by atoms with van der Waals surface area (Å²) in [6.07, 6.45) is 1.40. The first-order valence-electron chi connectivity index (χ1n) is 5.63. The van der Waals surface area contributed by atoms with Gasteiger partial charge in [0.05, 0.1) is 6.20 Å². The van der Waals surface area contributed by atoms with Crippen molar-refractivity contribution < 1.29 is 9.59 Å². The number of carbonyl (C=O) groups excluding carboxylic acids is 2. The number of nitrogens with zero attached hydrogens (tertiary/aromatic N) is 2. The van der Waals surface area contributed by atoms with Crippen LogP contribution in [0.5, 0.6) is 0 Å². The van der Waals surface area contributed by atoms with Gasteiger partial charge in [0.1, 0.15) is 10.9 Å². The molecule has 2 amide bonds. The zero-order valence-corrected chi connectivity index (χ0v) is 11.3. The first kappa shape index (κ1) is 13.7. The fraction of sp³-hybridized carbons (Fsp3) is 0.0769. The average Bonchev–Trinajstić information content (AvgIpc) is 2.86. The Balaban J connectivity index is 2.05. The van der Waals surface area contributed by atoms with Crippen molar-refractivity contribution in [2.75, 3.05) is 10.6 Å². The third-order valence-electron chi connectivity index (χ3n) is 2.30. The molecule has 20 heavy (non-hydrogen) atoms. The summed E-state index contributed by atoms with van der Waals surface area (Å²) >= 11 is 1.11. The van der Waals surface area contributed by atoms with Gasteiger partial charge < -0.3 is 5.32 Å². The molecule has 2 rings (SSSR count). The number of nitriles is 1. The van der Waals surface area contributed by atoms with E-state index in [0.717, 1.165) is 11.3 Å². The fourth-order valence-electron chi connectivity index (χ4n) is 1.46. The first-order valence-corrected chi connectivity index (χ1v) is 6.45. The summed E-state index contributed by atoms with van der Waals surface area (Å²) < 4.78 is 0. The van der Waals surface area contributed by atoms with E-state index in [4.69, 9.17) is 5.26 Å². The zero-order chi connectivity index (χ0) is 14.5. The van der Waals surface area contributed by atoms with E-state index in [0.29, 0.717) is 21.3 Å². The summed E-state index contributed by atoms with van der Waals surface area (Å²) in [7, 11) is 0. The molecule has 0 bridgehead atoms. The van der Waals surface area contributed by atoms with Crippen molar-refractivity contribution in [1.82, 2.24) is 4.98 Å². The molecule has 100 valence electrons. The maximum atomic E-state index is 11.9. The number of nitrogens with one attached hydrogen (secondary N) is 2. The minimum Gasteiger partial charge on any atom is -0.326 e. The summed E-state index contributed by atoms with van der Waals surface area (Å²) in [5.41, 5.74) is 1.06. The molecule has 0 aliphatic rings. The van der Waals surface area contributed by atoms with Crippen molar-refractivity contribution >= 4 is 34.0 Å². The number of anilines is 2. The predicted octanol–water partition coefficient (Wildman–Crippen LogP) is 2.23. The highest BCUT2D eigenvalue weighted by atomic mass is 32.1. The monoisotopic (exact) mass is 286 g/mol. The van der Waals surface area contributed by atoms with E-state index in [2.05, 4.69) is 15.6 Å². The lowest BCUT2D eigenvalue weighted by atomic mass is 10.2. The second-order valence-corrected chi connectivity index (χ2v) is 4.88. The number of thiazole rings is 1. The molecule has 2 aromatic rings. The van der Waals surface area contributed by atoms with Crippen molar-refractivity contribution in [3.05, 3.63) is 40.9 Å². The Labute approximate surface area is 119 Å². The Morgan fingerprint density at radius 3 is 2.50 bits per heavy atom. The Bertz CT molecular complexity index is 685. The summed E-state index contributed by atoms with van der Waals surface area (Å²) in [5.74, 6) is -0.493. The van der Waals surface area contributed by atoms with Crippen molar-refractivity contribution in [3.8, 4) is 6.07 Å². The molecule has 2 N–H and O–H groups in total. The average molecular weight is 286 g/mol. The van der Waals surface area contributed by atoms with Gasteiger partial charge in [0.2, 0.25) is 5.91 Å².